The fourth-order valence-electron chi connectivity index (χ4n) is 2.49. The zero-order chi connectivity index (χ0) is 13.8. The molecule has 19 heavy (non-hydrogen) atoms. The molecule has 1 aliphatic rings. The Morgan fingerprint density at radius 1 is 1.37 bits per heavy atom. The number of amides is 1. The van der Waals surface area contributed by atoms with Crippen molar-refractivity contribution < 1.29 is 10.1 Å². The quantitative estimate of drug-likeness (QED) is 0.882. The number of nitrogens with one attached hydrogen (secondary N) is 1. The maximum absolute atomic E-state index is 12.1. The van der Waals surface area contributed by atoms with Gasteiger partial charge in [-0.3, -0.25) is 4.79 Å². The summed E-state index contributed by atoms with van der Waals surface area (Å²) in [5.41, 5.74) is 0.575. The van der Waals surface area contributed by atoms with Gasteiger partial charge in [-0.1, -0.05) is 23.2 Å². The molecule has 0 radical (unpaired) electrons. The average molecular weight is 302 g/mol. The highest BCUT2D eigenvalue weighted by Crippen LogP contribution is 2.25. The predicted molar refractivity (Wildman–Crippen MR) is 78.7 cm³/mol. The Morgan fingerprint density at radius 2 is 2.05 bits per heavy atom. The Labute approximate surface area is 123 Å². The van der Waals surface area contributed by atoms with E-state index in [4.69, 9.17) is 23.2 Å². The van der Waals surface area contributed by atoms with E-state index in [2.05, 4.69) is 10.6 Å². The molecular formula is C14H19Cl2N2O+. The molecule has 5 heteroatoms. The van der Waals surface area contributed by atoms with Gasteiger partial charge in [0.15, 0.2) is 6.04 Å². The largest absolute Gasteiger partial charge is 0.334 e. The van der Waals surface area contributed by atoms with E-state index in [-0.39, 0.29) is 11.9 Å². The lowest BCUT2D eigenvalue weighted by Crippen LogP contribution is -2.95. The van der Waals surface area contributed by atoms with Crippen molar-refractivity contribution in [1.29, 1.82) is 0 Å². The molecule has 0 aromatic heterocycles. The lowest BCUT2D eigenvalue weighted by atomic mass is 10.2. The molecule has 2 rings (SSSR count). The van der Waals surface area contributed by atoms with Gasteiger partial charge in [-0.05, 0) is 50.8 Å². The zero-order valence-electron chi connectivity index (χ0n) is 11.0. The summed E-state index contributed by atoms with van der Waals surface area (Å²) in [6, 6.07) is 5.52. The van der Waals surface area contributed by atoms with Crippen molar-refractivity contribution in [2.24, 2.45) is 0 Å². The van der Waals surface area contributed by atoms with Crippen molar-refractivity contribution in [3.63, 3.8) is 0 Å². The number of hydrogen-bond donors (Lipinski definition) is 2. The Bertz CT molecular complexity index is 459. The molecule has 3 N–H and O–H groups in total. The molecule has 1 saturated carbocycles. The molecule has 1 amide bonds. The van der Waals surface area contributed by atoms with Crippen LogP contribution in [0, 0.1) is 0 Å². The molecule has 1 atom stereocenters. The van der Waals surface area contributed by atoms with E-state index in [1.807, 2.05) is 6.92 Å². The molecule has 0 saturated heterocycles. The Hall–Kier alpha value is -0.770. The number of hydrogen-bond acceptors (Lipinski definition) is 1. The third-order valence-corrected chi connectivity index (χ3v) is 4.13. The number of carbonyl (C=O) groups excluding carboxylic acids is 1. The van der Waals surface area contributed by atoms with Crippen molar-refractivity contribution in [2.45, 2.75) is 44.7 Å². The smallest absolute Gasteiger partial charge is 0.282 e. The highest BCUT2D eigenvalue weighted by molar-refractivity contribution is 6.35. The number of nitrogens with two attached hydrogens (primary N) is 1. The van der Waals surface area contributed by atoms with Crippen LogP contribution in [-0.4, -0.2) is 18.0 Å². The highest BCUT2D eigenvalue weighted by Gasteiger charge is 2.24. The van der Waals surface area contributed by atoms with E-state index in [0.29, 0.717) is 21.8 Å². The summed E-state index contributed by atoms with van der Waals surface area (Å²) in [7, 11) is 0. The second-order valence-electron chi connectivity index (χ2n) is 5.14. The van der Waals surface area contributed by atoms with Crippen molar-refractivity contribution in [3.8, 4) is 0 Å². The molecule has 1 aliphatic carbocycles. The first kappa shape index (κ1) is 14.6. The van der Waals surface area contributed by atoms with Gasteiger partial charge in [0.25, 0.3) is 5.91 Å². The fraction of sp³-hybridized carbons (Fsp3) is 0.500. The normalized spacial score (nSPS) is 17.4. The maximum atomic E-state index is 12.1. The van der Waals surface area contributed by atoms with Gasteiger partial charge in [0.1, 0.15) is 0 Å². The number of anilines is 1. The van der Waals surface area contributed by atoms with E-state index < -0.39 is 0 Å². The topological polar surface area (TPSA) is 45.7 Å². The molecule has 0 bridgehead atoms. The Kier molecular flexibility index (Phi) is 5.08. The third kappa shape index (κ3) is 4.10. The van der Waals surface area contributed by atoms with Crippen LogP contribution < -0.4 is 10.6 Å². The molecule has 1 aromatic rings. The lowest BCUT2D eigenvalue weighted by Gasteiger charge is -2.16. The van der Waals surface area contributed by atoms with Crippen LogP contribution >= 0.6 is 23.2 Å². The summed E-state index contributed by atoms with van der Waals surface area (Å²) in [5.74, 6) is -0.0314. The molecule has 104 valence electrons. The number of carbonyl (C=O) groups is 1. The summed E-state index contributed by atoms with van der Waals surface area (Å²) in [6.45, 7) is 1.92. The summed E-state index contributed by atoms with van der Waals surface area (Å²) < 4.78 is 0. The summed E-state index contributed by atoms with van der Waals surface area (Å²) >= 11 is 11.9. The highest BCUT2D eigenvalue weighted by atomic mass is 35.5. The first-order valence-electron chi connectivity index (χ1n) is 6.67. The van der Waals surface area contributed by atoms with Crippen LogP contribution in [0.1, 0.15) is 32.6 Å². The number of rotatable bonds is 4. The van der Waals surface area contributed by atoms with E-state index >= 15 is 0 Å². The summed E-state index contributed by atoms with van der Waals surface area (Å²) in [4.78, 5) is 12.1. The first-order valence-corrected chi connectivity index (χ1v) is 7.43. The molecule has 3 nitrogen and oxygen atoms in total. The minimum Gasteiger partial charge on any atom is -0.334 e. The van der Waals surface area contributed by atoms with Crippen LogP contribution in [0.2, 0.25) is 10.0 Å². The fourth-order valence-corrected chi connectivity index (χ4v) is 2.82. The number of benzene rings is 1. The molecule has 0 aliphatic heterocycles. The van der Waals surface area contributed by atoms with Gasteiger partial charge in [-0.15, -0.1) is 0 Å². The van der Waals surface area contributed by atoms with Crippen LogP contribution in [0.15, 0.2) is 18.2 Å². The number of quaternary nitrogens is 1. The van der Waals surface area contributed by atoms with Gasteiger partial charge in [0, 0.05) is 5.02 Å². The Morgan fingerprint density at radius 3 is 2.74 bits per heavy atom. The van der Waals surface area contributed by atoms with Crippen LogP contribution in [-0.2, 0) is 4.79 Å². The van der Waals surface area contributed by atoms with Crippen molar-refractivity contribution in [3.05, 3.63) is 28.2 Å². The van der Waals surface area contributed by atoms with E-state index in [0.717, 1.165) is 0 Å². The molecule has 1 fully saturated rings. The van der Waals surface area contributed by atoms with E-state index in [1.165, 1.54) is 25.7 Å². The monoisotopic (exact) mass is 301 g/mol. The number of halogens is 2. The second kappa shape index (κ2) is 6.60. The van der Waals surface area contributed by atoms with Crippen LogP contribution in [0.5, 0.6) is 0 Å². The standard InChI is InChI=1S/C14H18Cl2N2O/c1-9(17-11-4-2-3-5-11)14(19)18-13-8-10(15)6-7-12(13)16/h6-9,11,17H,2-5H2,1H3,(H,18,19)/p+1/t9-/m1/s1. The van der Waals surface area contributed by atoms with Crippen molar-refractivity contribution >= 4 is 34.8 Å². The van der Waals surface area contributed by atoms with E-state index in [9.17, 15) is 4.79 Å². The molecule has 0 spiro atoms. The molecule has 0 unspecified atom stereocenters. The SMILES string of the molecule is C[C@@H]([NH2+]C1CCCC1)C(=O)Nc1cc(Cl)ccc1Cl. The van der Waals surface area contributed by atoms with Crippen molar-refractivity contribution in [1.82, 2.24) is 0 Å². The Balaban J connectivity index is 1.93. The first-order chi connectivity index (χ1) is 9.06. The van der Waals surface area contributed by atoms with Crippen molar-refractivity contribution in [2.75, 3.05) is 5.32 Å². The summed E-state index contributed by atoms with van der Waals surface area (Å²) in [6.07, 6.45) is 4.95. The van der Waals surface area contributed by atoms with Crippen LogP contribution in [0.25, 0.3) is 0 Å². The second-order valence-corrected chi connectivity index (χ2v) is 5.98. The van der Waals surface area contributed by atoms with Gasteiger partial charge in [0.05, 0.1) is 16.8 Å². The molecule has 0 heterocycles. The predicted octanol–water partition coefficient (Wildman–Crippen LogP) is 2.83. The lowest BCUT2D eigenvalue weighted by molar-refractivity contribution is -0.705. The zero-order valence-corrected chi connectivity index (χ0v) is 12.5. The van der Waals surface area contributed by atoms with Crippen LogP contribution in [0.4, 0.5) is 5.69 Å². The van der Waals surface area contributed by atoms with Gasteiger partial charge in [0.2, 0.25) is 0 Å². The maximum Gasteiger partial charge on any atom is 0.282 e. The van der Waals surface area contributed by atoms with Gasteiger partial charge in [-0.25, -0.2) is 0 Å². The molecular weight excluding hydrogens is 283 g/mol. The minimum atomic E-state index is -0.113. The van der Waals surface area contributed by atoms with Gasteiger partial charge >= 0.3 is 0 Å². The summed E-state index contributed by atoms with van der Waals surface area (Å²) in [5, 5.41) is 6.06. The van der Waals surface area contributed by atoms with Gasteiger partial charge < -0.3 is 10.6 Å². The van der Waals surface area contributed by atoms with E-state index in [1.54, 1.807) is 18.2 Å². The van der Waals surface area contributed by atoms with Gasteiger partial charge in [-0.2, -0.15) is 0 Å². The average Bonchev–Trinajstić information content (AvgIpc) is 2.86. The minimum absolute atomic E-state index is 0.0314. The molecule has 1 aromatic carbocycles. The van der Waals surface area contributed by atoms with Crippen LogP contribution in [0.3, 0.4) is 0 Å². The third-order valence-electron chi connectivity index (χ3n) is 3.56.